The summed E-state index contributed by atoms with van der Waals surface area (Å²) in [5.41, 5.74) is 1.33. The van der Waals surface area contributed by atoms with Crippen LogP contribution in [0.5, 0.6) is 0 Å². The third-order valence-electron chi connectivity index (χ3n) is 3.21. The molecule has 0 amide bonds. The number of halogens is 1. The second-order valence-electron chi connectivity index (χ2n) is 4.74. The standard InChI is InChI=1S/C17H11FN2O3/c18-13-4-2-1-3-12(13)16(21)10-23-17(22)11-5-6-14-15(9-11)20-8-7-19-14/h1-9H,10H2. The van der Waals surface area contributed by atoms with Gasteiger partial charge in [-0.25, -0.2) is 9.18 Å². The number of carbonyl (C=O) groups is 2. The normalized spacial score (nSPS) is 10.5. The Morgan fingerprint density at radius 2 is 1.74 bits per heavy atom. The lowest BCUT2D eigenvalue weighted by Crippen LogP contribution is -2.15. The second kappa shape index (κ2) is 6.31. The van der Waals surface area contributed by atoms with Crippen LogP contribution in [0.4, 0.5) is 4.39 Å². The van der Waals surface area contributed by atoms with E-state index in [1.807, 2.05) is 0 Å². The summed E-state index contributed by atoms with van der Waals surface area (Å²) in [6.45, 7) is -0.529. The molecule has 1 aromatic heterocycles. The maximum absolute atomic E-state index is 13.5. The minimum absolute atomic E-state index is 0.107. The van der Waals surface area contributed by atoms with Crippen LogP contribution in [0.1, 0.15) is 20.7 Å². The van der Waals surface area contributed by atoms with Gasteiger partial charge in [0.15, 0.2) is 6.61 Å². The highest BCUT2D eigenvalue weighted by Crippen LogP contribution is 2.13. The van der Waals surface area contributed by atoms with E-state index in [0.29, 0.717) is 11.0 Å². The topological polar surface area (TPSA) is 69.2 Å². The molecule has 6 heteroatoms. The summed E-state index contributed by atoms with van der Waals surface area (Å²) in [6.07, 6.45) is 3.06. The average molecular weight is 310 g/mol. The number of ether oxygens (including phenoxy) is 1. The van der Waals surface area contributed by atoms with Crippen LogP contribution in [0, 0.1) is 5.82 Å². The molecule has 0 atom stereocenters. The summed E-state index contributed by atoms with van der Waals surface area (Å²) < 4.78 is 18.4. The Morgan fingerprint density at radius 3 is 2.52 bits per heavy atom. The molecule has 23 heavy (non-hydrogen) atoms. The van der Waals surface area contributed by atoms with Crippen LogP contribution in [0.2, 0.25) is 0 Å². The van der Waals surface area contributed by atoms with Crippen molar-refractivity contribution >= 4 is 22.8 Å². The van der Waals surface area contributed by atoms with Gasteiger partial charge >= 0.3 is 5.97 Å². The molecular formula is C17H11FN2O3. The number of carbonyl (C=O) groups excluding carboxylic acids is 2. The number of fused-ring (bicyclic) bond motifs is 1. The van der Waals surface area contributed by atoms with Crippen molar-refractivity contribution in [2.24, 2.45) is 0 Å². The number of hydrogen-bond donors (Lipinski definition) is 0. The molecule has 114 valence electrons. The van der Waals surface area contributed by atoms with Crippen molar-refractivity contribution in [3.63, 3.8) is 0 Å². The van der Waals surface area contributed by atoms with Gasteiger partial charge < -0.3 is 4.74 Å². The van der Waals surface area contributed by atoms with Crippen molar-refractivity contribution in [3.05, 3.63) is 71.8 Å². The van der Waals surface area contributed by atoms with Gasteiger partial charge in [-0.3, -0.25) is 14.8 Å². The van der Waals surface area contributed by atoms with Crippen LogP contribution in [-0.4, -0.2) is 28.3 Å². The minimum Gasteiger partial charge on any atom is -0.454 e. The van der Waals surface area contributed by atoms with Crippen molar-refractivity contribution in [1.29, 1.82) is 0 Å². The van der Waals surface area contributed by atoms with Gasteiger partial charge in [0, 0.05) is 12.4 Å². The lowest BCUT2D eigenvalue weighted by molar-refractivity contribution is 0.0473. The summed E-state index contributed by atoms with van der Waals surface area (Å²) in [5, 5.41) is 0. The first-order valence-corrected chi connectivity index (χ1v) is 6.81. The Morgan fingerprint density at radius 1 is 1.00 bits per heavy atom. The Hall–Kier alpha value is -3.15. The van der Waals surface area contributed by atoms with E-state index in [4.69, 9.17) is 4.74 Å². The van der Waals surface area contributed by atoms with E-state index in [2.05, 4.69) is 9.97 Å². The molecule has 0 aliphatic rings. The highest BCUT2D eigenvalue weighted by Gasteiger charge is 2.15. The molecule has 0 fully saturated rings. The molecule has 3 aromatic rings. The number of nitrogens with zero attached hydrogens (tertiary/aromatic N) is 2. The fourth-order valence-electron chi connectivity index (χ4n) is 2.07. The zero-order valence-corrected chi connectivity index (χ0v) is 11.9. The number of rotatable bonds is 4. The molecule has 0 aliphatic heterocycles. The van der Waals surface area contributed by atoms with Crippen LogP contribution in [-0.2, 0) is 4.74 Å². The molecule has 0 saturated carbocycles. The molecule has 0 aliphatic carbocycles. The molecule has 0 N–H and O–H groups in total. The van der Waals surface area contributed by atoms with Crippen LogP contribution in [0.15, 0.2) is 54.9 Å². The molecule has 0 spiro atoms. The molecule has 5 nitrogen and oxygen atoms in total. The highest BCUT2D eigenvalue weighted by atomic mass is 19.1. The number of aromatic nitrogens is 2. The maximum Gasteiger partial charge on any atom is 0.338 e. The second-order valence-corrected chi connectivity index (χ2v) is 4.74. The Kier molecular flexibility index (Phi) is 4.05. The Balaban J connectivity index is 1.71. The van der Waals surface area contributed by atoms with Crippen LogP contribution < -0.4 is 0 Å². The minimum atomic E-state index is -0.678. The largest absolute Gasteiger partial charge is 0.454 e. The van der Waals surface area contributed by atoms with E-state index >= 15 is 0 Å². The number of ketones is 1. The predicted molar refractivity (Wildman–Crippen MR) is 80.6 cm³/mol. The van der Waals surface area contributed by atoms with Gasteiger partial charge in [0.25, 0.3) is 0 Å². The van der Waals surface area contributed by atoms with Crippen LogP contribution >= 0.6 is 0 Å². The van der Waals surface area contributed by atoms with Crippen molar-refractivity contribution < 1.29 is 18.7 Å². The van der Waals surface area contributed by atoms with Gasteiger partial charge in [0.05, 0.1) is 22.2 Å². The van der Waals surface area contributed by atoms with Gasteiger partial charge in [0.2, 0.25) is 5.78 Å². The first-order chi connectivity index (χ1) is 11.1. The van der Waals surface area contributed by atoms with Crippen molar-refractivity contribution in [2.45, 2.75) is 0 Å². The van der Waals surface area contributed by atoms with E-state index in [1.165, 1.54) is 36.5 Å². The molecule has 0 saturated heterocycles. The van der Waals surface area contributed by atoms with Crippen LogP contribution in [0.3, 0.4) is 0 Å². The molecule has 0 radical (unpaired) electrons. The summed E-state index contributed by atoms with van der Waals surface area (Å²) in [6, 6.07) is 10.2. The van der Waals surface area contributed by atoms with E-state index in [-0.39, 0.29) is 11.1 Å². The smallest absolute Gasteiger partial charge is 0.338 e. The number of hydrogen-bond acceptors (Lipinski definition) is 5. The van der Waals surface area contributed by atoms with Gasteiger partial charge in [-0.15, -0.1) is 0 Å². The quantitative estimate of drug-likeness (QED) is 0.547. The number of esters is 1. The summed E-state index contributed by atoms with van der Waals surface area (Å²) >= 11 is 0. The molecular weight excluding hydrogens is 299 g/mol. The van der Waals surface area contributed by atoms with E-state index in [0.717, 1.165) is 0 Å². The lowest BCUT2D eigenvalue weighted by Gasteiger charge is -2.05. The fraction of sp³-hybridized carbons (Fsp3) is 0.0588. The van der Waals surface area contributed by atoms with Gasteiger partial charge in [-0.05, 0) is 30.3 Å². The average Bonchev–Trinajstić information content (AvgIpc) is 2.59. The van der Waals surface area contributed by atoms with Gasteiger partial charge in [-0.2, -0.15) is 0 Å². The van der Waals surface area contributed by atoms with E-state index in [1.54, 1.807) is 18.3 Å². The Labute approximate surface area is 130 Å². The SMILES string of the molecule is O=C(OCC(=O)c1ccccc1F)c1ccc2nccnc2c1. The third-order valence-corrected chi connectivity index (χ3v) is 3.21. The van der Waals surface area contributed by atoms with Crippen molar-refractivity contribution in [2.75, 3.05) is 6.61 Å². The summed E-state index contributed by atoms with van der Waals surface area (Å²) in [7, 11) is 0. The predicted octanol–water partition coefficient (Wildman–Crippen LogP) is 2.81. The lowest BCUT2D eigenvalue weighted by atomic mass is 10.1. The summed E-state index contributed by atoms with van der Waals surface area (Å²) in [4.78, 5) is 32.1. The van der Waals surface area contributed by atoms with E-state index < -0.39 is 24.2 Å². The Bertz CT molecular complexity index is 896. The zero-order valence-electron chi connectivity index (χ0n) is 11.9. The first-order valence-electron chi connectivity index (χ1n) is 6.81. The monoisotopic (exact) mass is 310 g/mol. The van der Waals surface area contributed by atoms with E-state index in [9.17, 15) is 14.0 Å². The molecule has 0 unspecified atom stereocenters. The molecule has 1 heterocycles. The molecule has 2 aromatic carbocycles. The van der Waals surface area contributed by atoms with Crippen LogP contribution in [0.25, 0.3) is 11.0 Å². The molecule has 3 rings (SSSR count). The maximum atomic E-state index is 13.5. The van der Waals surface area contributed by atoms with Gasteiger partial charge in [0.1, 0.15) is 5.82 Å². The number of benzene rings is 2. The number of Topliss-reactive ketones (excluding diaryl/α,β-unsaturated/α-hetero) is 1. The molecule has 0 bridgehead atoms. The summed E-state index contributed by atoms with van der Waals surface area (Å²) in [5.74, 6) is -1.92. The van der Waals surface area contributed by atoms with Gasteiger partial charge in [-0.1, -0.05) is 12.1 Å². The van der Waals surface area contributed by atoms with Crippen molar-refractivity contribution in [1.82, 2.24) is 9.97 Å². The fourth-order valence-corrected chi connectivity index (χ4v) is 2.07. The third kappa shape index (κ3) is 3.21. The zero-order chi connectivity index (χ0) is 16.2. The van der Waals surface area contributed by atoms with Crippen molar-refractivity contribution in [3.8, 4) is 0 Å². The first kappa shape index (κ1) is 14.8. The highest BCUT2D eigenvalue weighted by molar-refractivity contribution is 6.00.